The fraction of sp³-hybridized carbons (Fsp3) is 0.333. The van der Waals surface area contributed by atoms with Crippen LogP contribution in [0, 0.1) is 0 Å². The summed E-state index contributed by atoms with van der Waals surface area (Å²) in [5.41, 5.74) is 1.53. The van der Waals surface area contributed by atoms with E-state index in [1.165, 1.54) is 7.11 Å². The van der Waals surface area contributed by atoms with Gasteiger partial charge in [0.25, 0.3) is 0 Å². The second-order valence-corrected chi connectivity index (χ2v) is 7.16. The minimum Gasteiger partial charge on any atom is -0.495 e. The van der Waals surface area contributed by atoms with Crippen molar-refractivity contribution >= 4 is 6.08 Å². The molecule has 0 amide bonds. The van der Waals surface area contributed by atoms with Crippen LogP contribution in [0.15, 0.2) is 42.5 Å². The van der Waals surface area contributed by atoms with Crippen LogP contribution < -0.4 is 14.2 Å². The summed E-state index contributed by atoms with van der Waals surface area (Å²) in [6, 6.07) is 11.1. The minimum atomic E-state index is -1.13. The zero-order valence-corrected chi connectivity index (χ0v) is 15.0. The summed E-state index contributed by atoms with van der Waals surface area (Å²) in [5.74, 6) is 1.55. The van der Waals surface area contributed by atoms with Gasteiger partial charge in [-0.1, -0.05) is 30.3 Å². The van der Waals surface area contributed by atoms with E-state index in [-0.39, 0.29) is 0 Å². The lowest BCUT2D eigenvalue weighted by molar-refractivity contribution is -0.0711. The topological polar surface area (TPSA) is 68.2 Å². The number of hydrogen-bond donors (Lipinski definition) is 2. The quantitative estimate of drug-likeness (QED) is 0.865. The summed E-state index contributed by atoms with van der Waals surface area (Å²) in [5, 5.41) is 21.5. The van der Waals surface area contributed by atoms with Crippen LogP contribution in [0.4, 0.5) is 0 Å². The molecule has 0 unspecified atom stereocenters. The molecule has 5 heteroatoms. The number of fused-ring (bicyclic) bond motifs is 2. The second kappa shape index (κ2) is 6.04. The SMILES string of the molecule is COc1c2c(cc3c1[C@H](O)[C@H](O)[C@@H](c1ccccc1)O3)OC(C)(C)C=C2. The summed E-state index contributed by atoms with van der Waals surface area (Å²) >= 11 is 0. The van der Waals surface area contributed by atoms with Gasteiger partial charge < -0.3 is 24.4 Å². The van der Waals surface area contributed by atoms with Gasteiger partial charge in [0.1, 0.15) is 35.1 Å². The van der Waals surface area contributed by atoms with Crippen molar-refractivity contribution in [2.75, 3.05) is 7.11 Å². The maximum absolute atomic E-state index is 10.8. The Morgan fingerprint density at radius 3 is 2.50 bits per heavy atom. The summed E-state index contributed by atoms with van der Waals surface area (Å²) in [6.45, 7) is 3.93. The maximum atomic E-state index is 10.8. The number of aliphatic hydroxyl groups excluding tert-OH is 2. The Morgan fingerprint density at radius 2 is 1.81 bits per heavy atom. The third kappa shape index (κ3) is 2.64. The van der Waals surface area contributed by atoms with E-state index in [4.69, 9.17) is 14.2 Å². The van der Waals surface area contributed by atoms with Crippen LogP contribution in [-0.4, -0.2) is 29.0 Å². The molecule has 5 nitrogen and oxygen atoms in total. The number of methoxy groups -OCH3 is 1. The van der Waals surface area contributed by atoms with Gasteiger partial charge in [-0.15, -0.1) is 0 Å². The monoisotopic (exact) mass is 354 g/mol. The van der Waals surface area contributed by atoms with Gasteiger partial charge in [-0.3, -0.25) is 0 Å². The molecule has 0 aliphatic carbocycles. The van der Waals surface area contributed by atoms with Crippen molar-refractivity contribution in [2.45, 2.75) is 37.8 Å². The molecule has 136 valence electrons. The molecular weight excluding hydrogens is 332 g/mol. The van der Waals surface area contributed by atoms with E-state index < -0.39 is 23.9 Å². The van der Waals surface area contributed by atoms with Crippen molar-refractivity contribution < 1.29 is 24.4 Å². The maximum Gasteiger partial charge on any atom is 0.152 e. The van der Waals surface area contributed by atoms with Gasteiger partial charge in [0.2, 0.25) is 0 Å². The van der Waals surface area contributed by atoms with Crippen LogP contribution in [-0.2, 0) is 0 Å². The molecule has 3 atom stereocenters. The first-order valence-electron chi connectivity index (χ1n) is 8.62. The summed E-state index contributed by atoms with van der Waals surface area (Å²) in [6.07, 6.45) is 0.937. The Hall–Kier alpha value is -2.50. The smallest absolute Gasteiger partial charge is 0.152 e. The lowest BCUT2D eigenvalue weighted by Gasteiger charge is -2.37. The molecule has 0 saturated carbocycles. The predicted octanol–water partition coefficient (Wildman–Crippen LogP) is 3.41. The van der Waals surface area contributed by atoms with E-state index in [1.807, 2.05) is 56.3 Å². The molecule has 2 aromatic carbocycles. The van der Waals surface area contributed by atoms with E-state index in [0.717, 1.165) is 11.1 Å². The first-order valence-corrected chi connectivity index (χ1v) is 8.62. The molecule has 0 fully saturated rings. The molecule has 2 N–H and O–H groups in total. The highest BCUT2D eigenvalue weighted by Gasteiger charge is 2.41. The van der Waals surface area contributed by atoms with Gasteiger partial charge in [-0.05, 0) is 31.6 Å². The minimum absolute atomic E-state index is 0.443. The van der Waals surface area contributed by atoms with Crippen molar-refractivity contribution in [2.24, 2.45) is 0 Å². The molecule has 0 aromatic heterocycles. The number of hydrogen-bond acceptors (Lipinski definition) is 5. The Kier molecular flexibility index (Phi) is 3.93. The molecule has 0 bridgehead atoms. The van der Waals surface area contributed by atoms with E-state index >= 15 is 0 Å². The van der Waals surface area contributed by atoms with E-state index in [9.17, 15) is 10.2 Å². The predicted molar refractivity (Wildman–Crippen MR) is 97.5 cm³/mol. The lowest BCUT2D eigenvalue weighted by Crippen LogP contribution is -2.35. The number of benzene rings is 2. The van der Waals surface area contributed by atoms with Crippen LogP contribution >= 0.6 is 0 Å². The van der Waals surface area contributed by atoms with Crippen LogP contribution in [0.5, 0.6) is 17.2 Å². The van der Waals surface area contributed by atoms with E-state index in [2.05, 4.69) is 0 Å². The zero-order valence-electron chi connectivity index (χ0n) is 15.0. The Labute approximate surface area is 152 Å². The molecular formula is C21H22O5. The Bertz CT molecular complexity index is 856. The van der Waals surface area contributed by atoms with E-state index in [0.29, 0.717) is 22.8 Å². The summed E-state index contributed by atoms with van der Waals surface area (Å²) in [7, 11) is 1.53. The Balaban J connectivity index is 1.85. The molecule has 2 aliphatic rings. The van der Waals surface area contributed by atoms with Gasteiger partial charge in [0.05, 0.1) is 18.2 Å². The average Bonchev–Trinajstić information content (AvgIpc) is 2.62. The van der Waals surface area contributed by atoms with Crippen LogP contribution in [0.25, 0.3) is 6.08 Å². The first kappa shape index (κ1) is 16.9. The fourth-order valence-corrected chi connectivity index (χ4v) is 3.54. The summed E-state index contributed by atoms with van der Waals surface area (Å²) < 4.78 is 17.7. The van der Waals surface area contributed by atoms with Gasteiger partial charge >= 0.3 is 0 Å². The normalized spacial score (nSPS) is 25.5. The van der Waals surface area contributed by atoms with Crippen LogP contribution in [0.2, 0.25) is 0 Å². The van der Waals surface area contributed by atoms with Crippen molar-refractivity contribution in [3.05, 3.63) is 59.2 Å². The molecule has 2 aromatic rings. The van der Waals surface area contributed by atoms with Gasteiger partial charge in [-0.2, -0.15) is 0 Å². The molecule has 2 aliphatic heterocycles. The summed E-state index contributed by atoms with van der Waals surface area (Å²) in [4.78, 5) is 0. The highest BCUT2D eigenvalue weighted by molar-refractivity contribution is 5.72. The third-order valence-electron chi connectivity index (χ3n) is 4.82. The molecule has 2 heterocycles. The molecule has 26 heavy (non-hydrogen) atoms. The van der Waals surface area contributed by atoms with Gasteiger partial charge in [-0.25, -0.2) is 0 Å². The number of ether oxygens (including phenoxy) is 3. The van der Waals surface area contributed by atoms with Crippen molar-refractivity contribution in [1.82, 2.24) is 0 Å². The van der Waals surface area contributed by atoms with Crippen molar-refractivity contribution in [3.8, 4) is 17.2 Å². The van der Waals surface area contributed by atoms with Crippen molar-refractivity contribution in [3.63, 3.8) is 0 Å². The molecule has 0 saturated heterocycles. The molecule has 0 spiro atoms. The number of rotatable bonds is 2. The number of aliphatic hydroxyl groups is 2. The largest absolute Gasteiger partial charge is 0.495 e. The third-order valence-corrected chi connectivity index (χ3v) is 4.82. The first-order chi connectivity index (χ1) is 12.4. The zero-order chi connectivity index (χ0) is 18.5. The highest BCUT2D eigenvalue weighted by atomic mass is 16.5. The van der Waals surface area contributed by atoms with Crippen LogP contribution in [0.1, 0.15) is 42.7 Å². The Morgan fingerprint density at radius 1 is 1.08 bits per heavy atom. The highest BCUT2D eigenvalue weighted by Crippen LogP contribution is 2.51. The average molecular weight is 354 g/mol. The van der Waals surface area contributed by atoms with Gasteiger partial charge in [0, 0.05) is 6.07 Å². The second-order valence-electron chi connectivity index (χ2n) is 7.16. The fourth-order valence-electron chi connectivity index (χ4n) is 3.54. The lowest BCUT2D eigenvalue weighted by atomic mass is 9.89. The van der Waals surface area contributed by atoms with Gasteiger partial charge in [0.15, 0.2) is 6.10 Å². The van der Waals surface area contributed by atoms with Crippen molar-refractivity contribution in [1.29, 1.82) is 0 Å². The molecule has 0 radical (unpaired) electrons. The van der Waals surface area contributed by atoms with Crippen LogP contribution in [0.3, 0.4) is 0 Å². The standard InChI is InChI=1S/C21H22O5/c1-21(2)10-9-13-14(26-21)11-15-16(20(13)24-3)17(22)18(23)19(25-15)12-7-5-4-6-8-12/h4-11,17-19,22-23H,1-3H3/t17-,18-,19+/m0/s1. The van der Waals surface area contributed by atoms with E-state index in [1.54, 1.807) is 6.07 Å². The molecule has 4 rings (SSSR count).